The van der Waals surface area contributed by atoms with E-state index in [0.717, 1.165) is 24.9 Å². The molecule has 0 aromatic carbocycles. The zero-order chi connectivity index (χ0) is 14.4. The Morgan fingerprint density at radius 3 is 2.95 bits per heavy atom. The molecule has 4 rings (SSSR count). The van der Waals surface area contributed by atoms with Gasteiger partial charge < -0.3 is 4.90 Å². The van der Waals surface area contributed by atoms with Gasteiger partial charge in [0, 0.05) is 18.0 Å². The van der Waals surface area contributed by atoms with Crippen molar-refractivity contribution in [3.8, 4) is 0 Å². The van der Waals surface area contributed by atoms with Crippen LogP contribution in [0.4, 0.5) is 5.82 Å². The normalized spacial score (nSPS) is 26.1. The lowest BCUT2D eigenvalue weighted by atomic mass is 9.89. The lowest BCUT2D eigenvalue weighted by Gasteiger charge is -2.32. The van der Waals surface area contributed by atoms with Gasteiger partial charge in [0.25, 0.3) is 0 Å². The number of hydrogen-bond acceptors (Lipinski definition) is 4. The van der Waals surface area contributed by atoms with Gasteiger partial charge in [-0.1, -0.05) is 13.8 Å². The standard InChI is InChI=1S/C17H23N3S/c1-11-5-6-13-14(8-11)21-17-15(13)16(18-10-19-17)20-7-3-4-12(2)9-20/h10-12H,3-9H2,1-2H3/t11-,12-/m0/s1. The molecule has 1 aliphatic heterocycles. The molecule has 112 valence electrons. The third-order valence-corrected chi connectivity index (χ3v) is 6.19. The SMILES string of the molecule is C[C@H]1CCc2c(sc3ncnc(N4CCC[C@H](C)C4)c23)C1. The Labute approximate surface area is 130 Å². The first-order valence-corrected chi connectivity index (χ1v) is 9.04. The minimum Gasteiger partial charge on any atom is -0.356 e. The molecule has 21 heavy (non-hydrogen) atoms. The molecule has 0 bridgehead atoms. The molecule has 4 heteroatoms. The molecule has 0 unspecified atom stereocenters. The summed E-state index contributed by atoms with van der Waals surface area (Å²) in [6.07, 6.45) is 8.15. The van der Waals surface area contributed by atoms with Gasteiger partial charge >= 0.3 is 0 Å². The maximum absolute atomic E-state index is 4.69. The first-order chi connectivity index (χ1) is 10.2. The van der Waals surface area contributed by atoms with Crippen LogP contribution < -0.4 is 4.90 Å². The van der Waals surface area contributed by atoms with Gasteiger partial charge in [-0.05, 0) is 49.5 Å². The van der Waals surface area contributed by atoms with Crippen LogP contribution in [0.1, 0.15) is 43.6 Å². The molecular formula is C17H23N3S. The third kappa shape index (κ3) is 2.33. The minimum absolute atomic E-state index is 0.776. The summed E-state index contributed by atoms with van der Waals surface area (Å²) in [6.45, 7) is 7.02. The Kier molecular flexibility index (Phi) is 3.37. The Morgan fingerprint density at radius 2 is 2.10 bits per heavy atom. The summed E-state index contributed by atoms with van der Waals surface area (Å²) in [4.78, 5) is 14.5. The average Bonchev–Trinajstić information content (AvgIpc) is 2.84. The van der Waals surface area contributed by atoms with Crippen LogP contribution in [0.5, 0.6) is 0 Å². The maximum atomic E-state index is 4.69. The predicted octanol–water partition coefficient (Wildman–Crippen LogP) is 4.05. The largest absolute Gasteiger partial charge is 0.356 e. The highest BCUT2D eigenvalue weighted by Crippen LogP contribution is 2.41. The van der Waals surface area contributed by atoms with Crippen molar-refractivity contribution in [3.05, 3.63) is 16.8 Å². The van der Waals surface area contributed by atoms with E-state index >= 15 is 0 Å². The quantitative estimate of drug-likeness (QED) is 0.795. The molecule has 3 heterocycles. The van der Waals surface area contributed by atoms with E-state index in [-0.39, 0.29) is 0 Å². The molecule has 3 nitrogen and oxygen atoms in total. The number of aromatic nitrogens is 2. The highest BCUT2D eigenvalue weighted by molar-refractivity contribution is 7.19. The summed E-state index contributed by atoms with van der Waals surface area (Å²) < 4.78 is 0. The van der Waals surface area contributed by atoms with Crippen molar-refractivity contribution >= 4 is 27.4 Å². The zero-order valence-electron chi connectivity index (χ0n) is 12.9. The molecule has 2 aromatic rings. The van der Waals surface area contributed by atoms with Crippen molar-refractivity contribution in [1.82, 2.24) is 9.97 Å². The van der Waals surface area contributed by atoms with Crippen LogP contribution in [0.15, 0.2) is 6.33 Å². The van der Waals surface area contributed by atoms with Crippen molar-refractivity contribution in [2.45, 2.75) is 46.0 Å². The fraction of sp³-hybridized carbons (Fsp3) is 0.647. The first kappa shape index (κ1) is 13.5. The molecule has 0 N–H and O–H groups in total. The monoisotopic (exact) mass is 301 g/mol. The molecule has 0 spiro atoms. The molecule has 0 saturated carbocycles. The van der Waals surface area contributed by atoms with Crippen LogP contribution in [-0.4, -0.2) is 23.1 Å². The molecule has 0 amide bonds. The van der Waals surface area contributed by atoms with Crippen LogP contribution in [0.25, 0.3) is 10.2 Å². The number of thiophene rings is 1. The van der Waals surface area contributed by atoms with E-state index in [1.165, 1.54) is 48.1 Å². The Morgan fingerprint density at radius 1 is 1.19 bits per heavy atom. The summed E-state index contributed by atoms with van der Waals surface area (Å²) >= 11 is 1.90. The number of hydrogen-bond donors (Lipinski definition) is 0. The number of anilines is 1. The number of piperidine rings is 1. The van der Waals surface area contributed by atoms with Gasteiger partial charge in [0.05, 0.1) is 5.39 Å². The summed E-state index contributed by atoms with van der Waals surface area (Å²) in [5.41, 5.74) is 1.56. The van der Waals surface area contributed by atoms with Crippen molar-refractivity contribution in [2.24, 2.45) is 11.8 Å². The van der Waals surface area contributed by atoms with Gasteiger partial charge in [-0.3, -0.25) is 0 Å². The summed E-state index contributed by atoms with van der Waals surface area (Å²) in [5.74, 6) is 2.80. The number of aryl methyl sites for hydroxylation is 1. The first-order valence-electron chi connectivity index (χ1n) is 8.22. The zero-order valence-corrected chi connectivity index (χ0v) is 13.7. The van der Waals surface area contributed by atoms with Gasteiger partial charge in [-0.25, -0.2) is 9.97 Å². The van der Waals surface area contributed by atoms with Gasteiger partial charge in [-0.2, -0.15) is 0 Å². The van der Waals surface area contributed by atoms with Crippen LogP contribution in [-0.2, 0) is 12.8 Å². The Bertz CT molecular complexity index is 663. The molecular weight excluding hydrogens is 278 g/mol. The van der Waals surface area contributed by atoms with Crippen LogP contribution in [0, 0.1) is 11.8 Å². The fourth-order valence-corrected chi connectivity index (χ4v) is 5.22. The minimum atomic E-state index is 0.776. The highest BCUT2D eigenvalue weighted by atomic mass is 32.1. The predicted molar refractivity (Wildman–Crippen MR) is 89.2 cm³/mol. The van der Waals surface area contributed by atoms with E-state index in [4.69, 9.17) is 0 Å². The molecule has 2 aliphatic rings. The van der Waals surface area contributed by atoms with E-state index in [1.807, 2.05) is 11.3 Å². The van der Waals surface area contributed by atoms with Crippen LogP contribution in [0.3, 0.4) is 0 Å². The van der Waals surface area contributed by atoms with Crippen molar-refractivity contribution in [1.29, 1.82) is 0 Å². The number of fused-ring (bicyclic) bond motifs is 3. The smallest absolute Gasteiger partial charge is 0.141 e. The van der Waals surface area contributed by atoms with Gasteiger partial charge in [-0.15, -0.1) is 11.3 Å². The van der Waals surface area contributed by atoms with Crippen molar-refractivity contribution in [3.63, 3.8) is 0 Å². The molecule has 2 aromatic heterocycles. The molecule has 0 radical (unpaired) electrons. The second-order valence-electron chi connectivity index (χ2n) is 6.92. The van der Waals surface area contributed by atoms with E-state index in [0.29, 0.717) is 0 Å². The number of rotatable bonds is 1. The lowest BCUT2D eigenvalue weighted by molar-refractivity contribution is 0.445. The molecule has 2 atom stereocenters. The second-order valence-corrected chi connectivity index (χ2v) is 8.01. The van der Waals surface area contributed by atoms with E-state index in [9.17, 15) is 0 Å². The average molecular weight is 301 g/mol. The Hall–Kier alpha value is -1.16. The van der Waals surface area contributed by atoms with Crippen LogP contribution in [0.2, 0.25) is 0 Å². The summed E-state index contributed by atoms with van der Waals surface area (Å²) in [7, 11) is 0. The molecule has 1 saturated heterocycles. The van der Waals surface area contributed by atoms with E-state index in [2.05, 4.69) is 28.7 Å². The van der Waals surface area contributed by atoms with E-state index < -0.39 is 0 Å². The van der Waals surface area contributed by atoms with Gasteiger partial charge in [0.15, 0.2) is 0 Å². The molecule has 1 aliphatic carbocycles. The summed E-state index contributed by atoms with van der Waals surface area (Å²) in [5, 5.41) is 1.37. The second kappa shape index (κ2) is 5.24. The third-order valence-electron chi connectivity index (χ3n) is 5.03. The maximum Gasteiger partial charge on any atom is 0.141 e. The van der Waals surface area contributed by atoms with E-state index in [1.54, 1.807) is 16.8 Å². The summed E-state index contributed by atoms with van der Waals surface area (Å²) in [6, 6.07) is 0. The molecule has 1 fully saturated rings. The van der Waals surface area contributed by atoms with Crippen LogP contribution >= 0.6 is 11.3 Å². The topological polar surface area (TPSA) is 29.0 Å². The van der Waals surface area contributed by atoms with Crippen molar-refractivity contribution in [2.75, 3.05) is 18.0 Å². The van der Waals surface area contributed by atoms with Gasteiger partial charge in [0.2, 0.25) is 0 Å². The van der Waals surface area contributed by atoms with Crippen molar-refractivity contribution < 1.29 is 0 Å². The van der Waals surface area contributed by atoms with Gasteiger partial charge in [0.1, 0.15) is 17.0 Å². The highest BCUT2D eigenvalue weighted by Gasteiger charge is 2.26. The Balaban J connectivity index is 1.82. The fourth-order valence-electron chi connectivity index (χ4n) is 3.88. The number of nitrogens with zero attached hydrogens (tertiary/aromatic N) is 3. The lowest BCUT2D eigenvalue weighted by Crippen LogP contribution is -2.35.